The fourth-order valence-corrected chi connectivity index (χ4v) is 4.82. The normalized spacial score (nSPS) is 25.2. The van der Waals surface area contributed by atoms with E-state index in [1.165, 1.54) is 31.4 Å². The molecule has 7 heteroatoms. The highest BCUT2D eigenvalue weighted by Crippen LogP contribution is 2.32. The van der Waals surface area contributed by atoms with Gasteiger partial charge in [-0.1, -0.05) is 12.1 Å². The van der Waals surface area contributed by atoms with E-state index < -0.39 is 0 Å². The Hall–Kier alpha value is -0.830. The lowest BCUT2D eigenvalue weighted by Crippen LogP contribution is -2.44. The second kappa shape index (κ2) is 11.2. The van der Waals surface area contributed by atoms with Gasteiger partial charge in [-0.15, -0.1) is 24.0 Å². The summed E-state index contributed by atoms with van der Waals surface area (Å²) in [6.45, 7) is 3.10. The number of anilines is 1. The van der Waals surface area contributed by atoms with Crippen LogP contribution >= 0.6 is 35.7 Å². The van der Waals surface area contributed by atoms with Gasteiger partial charge in [0.2, 0.25) is 0 Å². The van der Waals surface area contributed by atoms with Crippen molar-refractivity contribution in [3.63, 3.8) is 0 Å². The van der Waals surface area contributed by atoms with Gasteiger partial charge in [-0.25, -0.2) is 0 Å². The summed E-state index contributed by atoms with van der Waals surface area (Å²) in [5, 5.41) is 7.95. The van der Waals surface area contributed by atoms with E-state index in [-0.39, 0.29) is 24.0 Å². The molecule has 3 atom stereocenters. The number of hydrogen-bond acceptors (Lipinski definition) is 4. The number of ether oxygens (including phenoxy) is 1. The predicted molar refractivity (Wildman–Crippen MR) is 128 cm³/mol. The summed E-state index contributed by atoms with van der Waals surface area (Å²) >= 11 is 1.99. The van der Waals surface area contributed by atoms with E-state index in [2.05, 4.69) is 38.9 Å². The molecule has 0 radical (unpaired) electrons. The minimum atomic E-state index is 0. The molecule has 5 nitrogen and oxygen atoms in total. The average molecular weight is 504 g/mol. The third kappa shape index (κ3) is 6.07. The smallest absolute Gasteiger partial charge is 0.191 e. The molecule has 0 bridgehead atoms. The molecule has 152 valence electrons. The molecule has 1 heterocycles. The third-order valence-corrected chi connectivity index (χ3v) is 6.65. The van der Waals surface area contributed by atoms with Crippen LogP contribution in [0, 0.1) is 5.92 Å². The zero-order chi connectivity index (χ0) is 18.4. The van der Waals surface area contributed by atoms with Gasteiger partial charge in [0.1, 0.15) is 5.75 Å². The summed E-state index contributed by atoms with van der Waals surface area (Å²) < 4.78 is 5.51. The zero-order valence-corrected chi connectivity index (χ0v) is 19.8. The van der Waals surface area contributed by atoms with E-state index in [0.717, 1.165) is 36.6 Å². The first-order valence-corrected chi connectivity index (χ1v) is 10.9. The Bertz CT molecular complexity index is 615. The molecule has 27 heavy (non-hydrogen) atoms. The van der Waals surface area contributed by atoms with E-state index >= 15 is 0 Å². The molecule has 1 saturated carbocycles. The van der Waals surface area contributed by atoms with Crippen LogP contribution in [0.15, 0.2) is 29.3 Å². The van der Waals surface area contributed by atoms with Crippen molar-refractivity contribution < 1.29 is 4.74 Å². The standard InChI is InChI=1S/C20H32N4OS.HI/c1-21-20(23-16-8-9-17(12-16)26-3)22-13-15-10-11-24(14-15)18-6-4-5-7-19(18)25-2;/h4-7,15-17H,8-14H2,1-3H3,(H2,21,22,23);1H. The van der Waals surface area contributed by atoms with Crippen LogP contribution < -0.4 is 20.3 Å². The van der Waals surface area contributed by atoms with Crippen LogP contribution in [0.5, 0.6) is 5.75 Å². The van der Waals surface area contributed by atoms with Crippen molar-refractivity contribution >= 4 is 47.4 Å². The molecular weight excluding hydrogens is 471 g/mol. The molecule has 1 saturated heterocycles. The predicted octanol–water partition coefficient (Wildman–Crippen LogP) is 3.59. The first-order chi connectivity index (χ1) is 12.7. The SMILES string of the molecule is CN=C(NCC1CCN(c2ccccc2OC)C1)NC1CCC(SC)C1.I. The van der Waals surface area contributed by atoms with Crippen LogP contribution in [0.25, 0.3) is 0 Å². The highest BCUT2D eigenvalue weighted by molar-refractivity contribution is 14.0. The summed E-state index contributed by atoms with van der Waals surface area (Å²) in [7, 11) is 3.61. The van der Waals surface area contributed by atoms with E-state index in [1.807, 2.05) is 30.9 Å². The summed E-state index contributed by atoms with van der Waals surface area (Å²) in [5.41, 5.74) is 1.20. The number of guanidine groups is 1. The molecule has 2 fully saturated rings. The molecular formula is C20H33IN4OS. The van der Waals surface area contributed by atoms with Crippen molar-refractivity contribution in [1.29, 1.82) is 0 Å². The first kappa shape index (κ1) is 22.5. The van der Waals surface area contributed by atoms with Gasteiger partial charge in [-0.05, 0) is 50.0 Å². The summed E-state index contributed by atoms with van der Waals surface area (Å²) in [5.74, 6) is 2.54. The van der Waals surface area contributed by atoms with Crippen LogP contribution in [-0.4, -0.2) is 57.3 Å². The van der Waals surface area contributed by atoms with Crippen molar-refractivity contribution in [2.75, 3.05) is 44.9 Å². The maximum absolute atomic E-state index is 5.51. The minimum absolute atomic E-state index is 0. The van der Waals surface area contributed by atoms with Gasteiger partial charge in [0.05, 0.1) is 12.8 Å². The first-order valence-electron chi connectivity index (χ1n) is 9.61. The monoisotopic (exact) mass is 504 g/mol. The van der Waals surface area contributed by atoms with Crippen molar-refractivity contribution in [1.82, 2.24) is 10.6 Å². The van der Waals surface area contributed by atoms with Crippen molar-refractivity contribution in [3.8, 4) is 5.75 Å². The average Bonchev–Trinajstić information content (AvgIpc) is 3.34. The molecule has 1 aliphatic heterocycles. The number of methoxy groups -OCH3 is 1. The van der Waals surface area contributed by atoms with Crippen LogP contribution in [0.3, 0.4) is 0 Å². The molecule has 0 aromatic heterocycles. The molecule has 1 aliphatic carbocycles. The van der Waals surface area contributed by atoms with Gasteiger partial charge in [-0.2, -0.15) is 11.8 Å². The van der Waals surface area contributed by atoms with Crippen molar-refractivity contribution in [2.24, 2.45) is 10.9 Å². The molecule has 2 N–H and O–H groups in total. The Morgan fingerprint density at radius 1 is 1.30 bits per heavy atom. The van der Waals surface area contributed by atoms with Gasteiger partial charge in [0.25, 0.3) is 0 Å². The van der Waals surface area contributed by atoms with Gasteiger partial charge in [-0.3, -0.25) is 4.99 Å². The number of halogens is 1. The highest BCUT2D eigenvalue weighted by Gasteiger charge is 2.26. The fourth-order valence-electron chi connectivity index (χ4n) is 4.02. The number of thioether (sulfide) groups is 1. The number of para-hydroxylation sites is 2. The fraction of sp³-hybridized carbons (Fsp3) is 0.650. The maximum atomic E-state index is 5.51. The lowest BCUT2D eigenvalue weighted by atomic mass is 10.1. The second-order valence-corrected chi connectivity index (χ2v) is 8.38. The molecule has 2 aliphatic rings. The summed E-state index contributed by atoms with van der Waals surface area (Å²) in [6.07, 6.45) is 7.21. The van der Waals surface area contributed by atoms with Gasteiger partial charge < -0.3 is 20.3 Å². The lowest BCUT2D eigenvalue weighted by molar-refractivity contribution is 0.414. The number of nitrogens with zero attached hydrogens (tertiary/aromatic N) is 2. The van der Waals surface area contributed by atoms with E-state index in [9.17, 15) is 0 Å². The third-order valence-electron chi connectivity index (χ3n) is 5.55. The Morgan fingerprint density at radius 3 is 2.81 bits per heavy atom. The number of aliphatic imine (C=N–C) groups is 1. The van der Waals surface area contributed by atoms with Crippen LogP contribution in [0.1, 0.15) is 25.7 Å². The van der Waals surface area contributed by atoms with E-state index in [4.69, 9.17) is 4.74 Å². The molecule has 0 spiro atoms. The van der Waals surface area contributed by atoms with Crippen LogP contribution in [0.4, 0.5) is 5.69 Å². The molecule has 3 rings (SSSR count). The maximum Gasteiger partial charge on any atom is 0.191 e. The Morgan fingerprint density at radius 2 is 2.11 bits per heavy atom. The van der Waals surface area contributed by atoms with Crippen LogP contribution in [-0.2, 0) is 0 Å². The minimum Gasteiger partial charge on any atom is -0.495 e. The molecule has 1 aromatic carbocycles. The van der Waals surface area contributed by atoms with Gasteiger partial charge in [0.15, 0.2) is 5.96 Å². The van der Waals surface area contributed by atoms with Crippen LogP contribution in [0.2, 0.25) is 0 Å². The van der Waals surface area contributed by atoms with E-state index in [0.29, 0.717) is 12.0 Å². The lowest BCUT2D eigenvalue weighted by Gasteiger charge is -2.22. The van der Waals surface area contributed by atoms with Crippen molar-refractivity contribution in [3.05, 3.63) is 24.3 Å². The quantitative estimate of drug-likeness (QED) is 0.353. The summed E-state index contributed by atoms with van der Waals surface area (Å²) in [4.78, 5) is 6.85. The zero-order valence-electron chi connectivity index (χ0n) is 16.6. The number of rotatable bonds is 6. The molecule has 0 amide bonds. The van der Waals surface area contributed by atoms with Gasteiger partial charge in [0, 0.05) is 38.0 Å². The second-order valence-electron chi connectivity index (χ2n) is 7.24. The molecule has 1 aromatic rings. The number of nitrogens with one attached hydrogen (secondary N) is 2. The van der Waals surface area contributed by atoms with Gasteiger partial charge >= 0.3 is 0 Å². The largest absolute Gasteiger partial charge is 0.495 e. The highest BCUT2D eigenvalue weighted by atomic mass is 127. The number of benzene rings is 1. The topological polar surface area (TPSA) is 48.9 Å². The Balaban J connectivity index is 0.00000261. The number of hydrogen-bond donors (Lipinski definition) is 2. The Labute approximate surface area is 185 Å². The van der Waals surface area contributed by atoms with E-state index in [1.54, 1.807) is 7.11 Å². The summed E-state index contributed by atoms with van der Waals surface area (Å²) in [6, 6.07) is 8.86. The van der Waals surface area contributed by atoms with Crippen molar-refractivity contribution in [2.45, 2.75) is 37.0 Å². The Kier molecular flexibility index (Phi) is 9.35. The molecule has 3 unspecified atom stereocenters.